The Kier molecular flexibility index (Phi) is 5.51. The van der Waals surface area contributed by atoms with E-state index in [1.807, 2.05) is 39.0 Å². The summed E-state index contributed by atoms with van der Waals surface area (Å²) in [5, 5.41) is 11.4. The van der Waals surface area contributed by atoms with Crippen LogP contribution in [0.4, 0.5) is 5.69 Å². The maximum absolute atomic E-state index is 11.9. The first kappa shape index (κ1) is 17.9. The molecule has 0 aromatic heterocycles. The zero-order valence-electron chi connectivity index (χ0n) is 13.8. The lowest BCUT2D eigenvalue weighted by Gasteiger charge is -2.11. The SMILES string of the molecule is C=NC(=O)c1cc([N+](=O)[O-])c(Sc2ccc(C)cc2C)cc1CC. The van der Waals surface area contributed by atoms with Gasteiger partial charge in [-0.2, -0.15) is 0 Å². The van der Waals surface area contributed by atoms with Gasteiger partial charge in [-0.25, -0.2) is 4.99 Å². The molecule has 0 heterocycles. The van der Waals surface area contributed by atoms with Crippen LogP contribution in [0.1, 0.15) is 34.0 Å². The van der Waals surface area contributed by atoms with Crippen LogP contribution < -0.4 is 0 Å². The molecule has 5 nitrogen and oxygen atoms in total. The van der Waals surface area contributed by atoms with E-state index in [2.05, 4.69) is 11.7 Å². The zero-order chi connectivity index (χ0) is 17.9. The predicted octanol–water partition coefficient (Wildman–Crippen LogP) is 4.77. The standard InChI is InChI=1S/C18H18N2O3S/c1-5-13-9-17(24-16-7-6-11(2)8-12(16)3)15(20(22)23)10-14(13)18(21)19-4/h6-10H,4-5H2,1-3H3. The van der Waals surface area contributed by atoms with Crippen LogP contribution in [0.25, 0.3) is 0 Å². The number of benzene rings is 2. The van der Waals surface area contributed by atoms with E-state index in [0.717, 1.165) is 21.6 Å². The fourth-order valence-electron chi connectivity index (χ4n) is 2.44. The van der Waals surface area contributed by atoms with Gasteiger partial charge in [0, 0.05) is 11.0 Å². The number of nitrogens with zero attached hydrogens (tertiary/aromatic N) is 2. The molecule has 2 aromatic rings. The number of nitro groups is 1. The molecule has 0 fully saturated rings. The number of nitro benzene ring substituents is 1. The van der Waals surface area contributed by atoms with Crippen molar-refractivity contribution in [1.82, 2.24) is 0 Å². The van der Waals surface area contributed by atoms with Gasteiger partial charge in [0.2, 0.25) is 0 Å². The molecule has 2 rings (SSSR count). The quantitative estimate of drug-likeness (QED) is 0.446. The second-order valence-corrected chi connectivity index (χ2v) is 6.51. The fourth-order valence-corrected chi connectivity index (χ4v) is 3.48. The van der Waals surface area contributed by atoms with Gasteiger partial charge in [0.05, 0.1) is 15.4 Å². The zero-order valence-corrected chi connectivity index (χ0v) is 14.6. The van der Waals surface area contributed by atoms with Crippen LogP contribution in [0.5, 0.6) is 0 Å². The van der Waals surface area contributed by atoms with E-state index in [-0.39, 0.29) is 11.3 Å². The Morgan fingerprint density at radius 2 is 1.96 bits per heavy atom. The molecule has 0 saturated heterocycles. The Balaban J connectivity index is 2.57. The predicted molar refractivity (Wildman–Crippen MR) is 96.4 cm³/mol. The highest BCUT2D eigenvalue weighted by atomic mass is 32.2. The molecule has 0 saturated carbocycles. The van der Waals surface area contributed by atoms with Gasteiger partial charge in [0.25, 0.3) is 11.6 Å². The second-order valence-electron chi connectivity index (χ2n) is 5.42. The maximum Gasteiger partial charge on any atom is 0.284 e. The molecule has 0 aliphatic carbocycles. The number of aryl methyl sites for hydroxylation is 3. The first-order chi connectivity index (χ1) is 11.4. The molecule has 0 radical (unpaired) electrons. The number of hydrogen-bond acceptors (Lipinski definition) is 4. The van der Waals surface area contributed by atoms with Gasteiger partial charge in [-0.05, 0) is 50.2 Å². The average Bonchev–Trinajstić information content (AvgIpc) is 2.55. The normalized spacial score (nSPS) is 10.5. The smallest absolute Gasteiger partial charge is 0.267 e. The van der Waals surface area contributed by atoms with Crippen molar-refractivity contribution >= 4 is 30.1 Å². The molecule has 0 N–H and O–H groups in total. The van der Waals surface area contributed by atoms with Gasteiger partial charge in [0.1, 0.15) is 0 Å². The number of rotatable bonds is 5. The topological polar surface area (TPSA) is 72.6 Å². The van der Waals surface area contributed by atoms with Gasteiger partial charge in [-0.3, -0.25) is 14.9 Å². The summed E-state index contributed by atoms with van der Waals surface area (Å²) in [5.74, 6) is -0.544. The summed E-state index contributed by atoms with van der Waals surface area (Å²) in [6.07, 6.45) is 0.578. The van der Waals surface area contributed by atoms with E-state index in [1.165, 1.54) is 17.8 Å². The van der Waals surface area contributed by atoms with Gasteiger partial charge in [-0.15, -0.1) is 0 Å². The minimum atomic E-state index is -0.544. The molecule has 1 amide bonds. The number of carbonyl (C=O) groups is 1. The van der Waals surface area contributed by atoms with Gasteiger partial charge < -0.3 is 0 Å². The van der Waals surface area contributed by atoms with Crippen LogP contribution in [0.2, 0.25) is 0 Å². The summed E-state index contributed by atoms with van der Waals surface area (Å²) in [4.78, 5) is 27.7. The molecule has 0 unspecified atom stereocenters. The third-order valence-corrected chi connectivity index (χ3v) is 4.91. The Morgan fingerprint density at radius 3 is 2.50 bits per heavy atom. The average molecular weight is 342 g/mol. The number of aliphatic imine (C=N–C) groups is 1. The van der Waals surface area contributed by atoms with Crippen molar-refractivity contribution in [2.45, 2.75) is 37.0 Å². The third kappa shape index (κ3) is 3.71. The summed E-state index contributed by atoms with van der Waals surface area (Å²) in [6.45, 7) is 9.09. The minimum Gasteiger partial charge on any atom is -0.267 e. The van der Waals surface area contributed by atoms with Crippen molar-refractivity contribution in [2.75, 3.05) is 0 Å². The lowest BCUT2D eigenvalue weighted by atomic mass is 10.0. The summed E-state index contributed by atoms with van der Waals surface area (Å²) in [6, 6.07) is 8.98. The van der Waals surface area contributed by atoms with Gasteiger partial charge in [0.15, 0.2) is 0 Å². The Morgan fingerprint density at radius 1 is 1.25 bits per heavy atom. The van der Waals surface area contributed by atoms with Crippen LogP contribution in [0.15, 0.2) is 45.1 Å². The molecule has 24 heavy (non-hydrogen) atoms. The molecule has 0 atom stereocenters. The molecular formula is C18H18N2O3S. The van der Waals surface area contributed by atoms with Crippen LogP contribution >= 0.6 is 11.8 Å². The van der Waals surface area contributed by atoms with Gasteiger partial charge >= 0.3 is 0 Å². The molecule has 0 aliphatic rings. The number of amides is 1. The Hall–Kier alpha value is -2.47. The highest BCUT2D eigenvalue weighted by molar-refractivity contribution is 7.99. The third-order valence-electron chi connectivity index (χ3n) is 3.69. The number of hydrogen-bond donors (Lipinski definition) is 0. The van der Waals surface area contributed by atoms with Gasteiger partial charge in [-0.1, -0.05) is 36.4 Å². The van der Waals surface area contributed by atoms with E-state index in [0.29, 0.717) is 11.3 Å². The first-order valence-electron chi connectivity index (χ1n) is 7.44. The lowest BCUT2D eigenvalue weighted by Crippen LogP contribution is -2.03. The number of carbonyl (C=O) groups excluding carboxylic acids is 1. The monoisotopic (exact) mass is 342 g/mol. The van der Waals surface area contributed by atoms with E-state index < -0.39 is 10.8 Å². The molecule has 6 heteroatoms. The lowest BCUT2D eigenvalue weighted by molar-refractivity contribution is -0.387. The molecule has 0 aliphatic heterocycles. The van der Waals surface area contributed by atoms with Crippen LogP contribution in [-0.2, 0) is 6.42 Å². The van der Waals surface area contributed by atoms with E-state index >= 15 is 0 Å². The Labute approximate surface area is 145 Å². The van der Waals surface area contributed by atoms with Crippen molar-refractivity contribution in [3.63, 3.8) is 0 Å². The van der Waals surface area contributed by atoms with Crippen molar-refractivity contribution in [3.8, 4) is 0 Å². The summed E-state index contributed by atoms with van der Waals surface area (Å²) in [5.41, 5.74) is 3.07. The first-order valence-corrected chi connectivity index (χ1v) is 8.26. The largest absolute Gasteiger partial charge is 0.284 e. The molecule has 0 spiro atoms. The highest BCUT2D eigenvalue weighted by Gasteiger charge is 2.22. The van der Waals surface area contributed by atoms with Crippen molar-refractivity contribution < 1.29 is 9.72 Å². The van der Waals surface area contributed by atoms with Crippen molar-refractivity contribution in [1.29, 1.82) is 0 Å². The van der Waals surface area contributed by atoms with Crippen LogP contribution in [0, 0.1) is 24.0 Å². The second kappa shape index (κ2) is 7.40. The van der Waals surface area contributed by atoms with Crippen molar-refractivity contribution in [2.24, 2.45) is 4.99 Å². The van der Waals surface area contributed by atoms with E-state index in [9.17, 15) is 14.9 Å². The fraction of sp³-hybridized carbons (Fsp3) is 0.222. The van der Waals surface area contributed by atoms with E-state index in [4.69, 9.17) is 0 Å². The molecule has 2 aromatic carbocycles. The Bertz CT molecular complexity index is 831. The molecular weight excluding hydrogens is 324 g/mol. The van der Waals surface area contributed by atoms with E-state index in [1.54, 1.807) is 6.07 Å². The maximum atomic E-state index is 11.9. The summed E-state index contributed by atoms with van der Waals surface area (Å²) >= 11 is 1.34. The summed E-state index contributed by atoms with van der Waals surface area (Å²) < 4.78 is 0. The highest BCUT2D eigenvalue weighted by Crippen LogP contribution is 2.38. The molecule has 0 bridgehead atoms. The van der Waals surface area contributed by atoms with Crippen LogP contribution in [-0.4, -0.2) is 17.5 Å². The molecule has 124 valence electrons. The van der Waals surface area contributed by atoms with Crippen molar-refractivity contribution in [3.05, 3.63) is 62.7 Å². The van der Waals surface area contributed by atoms with Crippen LogP contribution in [0.3, 0.4) is 0 Å². The summed E-state index contributed by atoms with van der Waals surface area (Å²) in [7, 11) is 0. The minimum absolute atomic E-state index is 0.0934.